The number of aromatic amines is 1. The Bertz CT molecular complexity index is 374. The van der Waals surface area contributed by atoms with Gasteiger partial charge in [-0.25, -0.2) is 0 Å². The molecule has 0 aliphatic heterocycles. The molecule has 0 spiro atoms. The summed E-state index contributed by atoms with van der Waals surface area (Å²) >= 11 is 0. The molecular weight excluding hydrogens is 208 g/mol. The maximum Gasteiger partial charge on any atom is 0.0187 e. The van der Waals surface area contributed by atoms with Crippen LogP contribution in [0.2, 0.25) is 0 Å². The maximum absolute atomic E-state index is 3.51. The third kappa shape index (κ3) is 3.12. The number of H-pyrrole nitrogens is 1. The van der Waals surface area contributed by atoms with Gasteiger partial charge < -0.3 is 9.88 Å². The molecule has 0 atom stereocenters. The summed E-state index contributed by atoms with van der Waals surface area (Å²) in [5.41, 5.74) is 5.18. The van der Waals surface area contributed by atoms with Gasteiger partial charge in [0.15, 0.2) is 0 Å². The van der Waals surface area contributed by atoms with Crippen LogP contribution in [-0.4, -0.2) is 30.5 Å². The first-order chi connectivity index (χ1) is 7.98. The average Bonchev–Trinajstić information content (AvgIpc) is 2.58. The Morgan fingerprint density at radius 3 is 2.82 bits per heavy atom. The fourth-order valence-corrected chi connectivity index (χ4v) is 2.85. The number of hydrogen-bond donors (Lipinski definition) is 1. The highest BCUT2D eigenvalue weighted by Crippen LogP contribution is 2.35. The van der Waals surface area contributed by atoms with Crippen molar-refractivity contribution in [2.45, 2.75) is 46.0 Å². The van der Waals surface area contributed by atoms with E-state index in [1.165, 1.54) is 44.3 Å². The molecule has 1 aliphatic carbocycles. The van der Waals surface area contributed by atoms with E-state index >= 15 is 0 Å². The van der Waals surface area contributed by atoms with E-state index in [9.17, 15) is 0 Å². The van der Waals surface area contributed by atoms with Crippen LogP contribution in [0.1, 0.15) is 43.5 Å². The van der Waals surface area contributed by atoms with Gasteiger partial charge in [0.05, 0.1) is 0 Å². The quantitative estimate of drug-likeness (QED) is 0.848. The van der Waals surface area contributed by atoms with Crippen molar-refractivity contribution >= 4 is 0 Å². The largest absolute Gasteiger partial charge is 0.364 e. The lowest BCUT2D eigenvalue weighted by atomic mass is 9.76. The van der Waals surface area contributed by atoms with Crippen LogP contribution in [0.15, 0.2) is 6.20 Å². The molecule has 0 aromatic carbocycles. The zero-order chi connectivity index (χ0) is 12.5. The Morgan fingerprint density at radius 2 is 2.12 bits per heavy atom. The number of aromatic nitrogens is 1. The predicted molar refractivity (Wildman–Crippen MR) is 73.5 cm³/mol. The Hall–Kier alpha value is -0.760. The predicted octanol–water partition coefficient (Wildman–Crippen LogP) is 3.02. The molecule has 0 bridgehead atoms. The molecule has 1 aromatic rings. The molecule has 0 unspecified atom stereocenters. The van der Waals surface area contributed by atoms with Crippen LogP contribution in [0.4, 0.5) is 0 Å². The summed E-state index contributed by atoms with van der Waals surface area (Å²) in [6, 6.07) is 0. The first kappa shape index (κ1) is 12.7. The van der Waals surface area contributed by atoms with E-state index in [0.29, 0.717) is 5.41 Å². The summed E-state index contributed by atoms with van der Waals surface area (Å²) in [5.74, 6) is 0. The van der Waals surface area contributed by atoms with Gasteiger partial charge in [0.1, 0.15) is 0 Å². The van der Waals surface area contributed by atoms with Gasteiger partial charge in [-0.15, -0.1) is 0 Å². The number of hydrogen-bond acceptors (Lipinski definition) is 1. The third-order valence-electron chi connectivity index (χ3n) is 3.93. The Balaban J connectivity index is 2.00. The van der Waals surface area contributed by atoms with Crippen molar-refractivity contribution < 1.29 is 0 Å². The molecule has 2 nitrogen and oxygen atoms in total. The standard InChI is InChI=1S/C15H26N2/c1-15(2)8-7-13-12(6-5-9-17(3)4)11-16-14(13)10-15/h11,16H,5-10H2,1-4H3. The molecule has 0 radical (unpaired) electrons. The van der Waals surface area contributed by atoms with E-state index in [-0.39, 0.29) is 0 Å². The van der Waals surface area contributed by atoms with Gasteiger partial charge in [-0.3, -0.25) is 0 Å². The molecule has 17 heavy (non-hydrogen) atoms. The lowest BCUT2D eigenvalue weighted by Gasteiger charge is -2.29. The Labute approximate surface area is 105 Å². The zero-order valence-corrected chi connectivity index (χ0v) is 11.8. The summed E-state index contributed by atoms with van der Waals surface area (Å²) in [7, 11) is 4.30. The van der Waals surface area contributed by atoms with Crippen LogP contribution in [-0.2, 0) is 19.3 Å². The topological polar surface area (TPSA) is 19.0 Å². The SMILES string of the molecule is CN(C)CCCc1c[nH]c2c1CCC(C)(C)C2. The summed E-state index contributed by atoms with van der Waals surface area (Å²) in [4.78, 5) is 5.77. The molecule has 0 fully saturated rings. The minimum Gasteiger partial charge on any atom is -0.364 e. The van der Waals surface area contributed by atoms with Crippen molar-refractivity contribution in [3.8, 4) is 0 Å². The molecule has 0 saturated heterocycles. The second kappa shape index (κ2) is 4.85. The molecule has 0 saturated carbocycles. The molecular formula is C15H26N2. The fraction of sp³-hybridized carbons (Fsp3) is 0.733. The average molecular weight is 234 g/mol. The minimum absolute atomic E-state index is 0.485. The molecule has 1 heterocycles. The fourth-order valence-electron chi connectivity index (χ4n) is 2.85. The van der Waals surface area contributed by atoms with Crippen LogP contribution >= 0.6 is 0 Å². The van der Waals surface area contributed by atoms with Gasteiger partial charge in [0, 0.05) is 11.9 Å². The van der Waals surface area contributed by atoms with E-state index in [0.717, 1.165) is 0 Å². The van der Waals surface area contributed by atoms with E-state index in [2.05, 4.69) is 44.0 Å². The van der Waals surface area contributed by atoms with Crippen molar-refractivity contribution in [3.05, 3.63) is 23.0 Å². The highest BCUT2D eigenvalue weighted by atomic mass is 15.0. The molecule has 0 amide bonds. The summed E-state index contributed by atoms with van der Waals surface area (Å²) in [5, 5.41) is 0. The van der Waals surface area contributed by atoms with Crippen LogP contribution in [0, 0.1) is 5.41 Å². The minimum atomic E-state index is 0.485. The molecule has 2 heteroatoms. The van der Waals surface area contributed by atoms with Gasteiger partial charge in [0.25, 0.3) is 0 Å². The van der Waals surface area contributed by atoms with Crippen LogP contribution < -0.4 is 0 Å². The van der Waals surface area contributed by atoms with Gasteiger partial charge in [-0.1, -0.05) is 13.8 Å². The number of fused-ring (bicyclic) bond motifs is 1. The molecule has 1 aliphatic rings. The second-order valence-electron chi connectivity index (χ2n) is 6.52. The summed E-state index contributed by atoms with van der Waals surface area (Å²) < 4.78 is 0. The number of nitrogens with zero attached hydrogens (tertiary/aromatic N) is 1. The Morgan fingerprint density at radius 1 is 1.35 bits per heavy atom. The van der Waals surface area contributed by atoms with Crippen molar-refractivity contribution in [2.24, 2.45) is 5.41 Å². The summed E-state index contributed by atoms with van der Waals surface area (Å²) in [6.07, 6.45) is 8.56. The first-order valence-electron chi connectivity index (χ1n) is 6.81. The molecule has 1 N–H and O–H groups in total. The van der Waals surface area contributed by atoms with E-state index in [1.807, 2.05) is 0 Å². The molecule has 1 aromatic heterocycles. The highest BCUT2D eigenvalue weighted by molar-refractivity contribution is 5.34. The lowest BCUT2D eigenvalue weighted by molar-refractivity contribution is 0.312. The molecule has 96 valence electrons. The van der Waals surface area contributed by atoms with Crippen molar-refractivity contribution in [3.63, 3.8) is 0 Å². The number of aryl methyl sites for hydroxylation is 1. The summed E-state index contributed by atoms with van der Waals surface area (Å²) in [6.45, 7) is 5.94. The van der Waals surface area contributed by atoms with Crippen LogP contribution in [0.25, 0.3) is 0 Å². The van der Waals surface area contributed by atoms with Gasteiger partial charge in [-0.2, -0.15) is 0 Å². The smallest absolute Gasteiger partial charge is 0.0187 e. The van der Waals surface area contributed by atoms with Crippen LogP contribution in [0.5, 0.6) is 0 Å². The van der Waals surface area contributed by atoms with Crippen molar-refractivity contribution in [1.29, 1.82) is 0 Å². The number of rotatable bonds is 4. The van der Waals surface area contributed by atoms with Crippen LogP contribution in [0.3, 0.4) is 0 Å². The van der Waals surface area contributed by atoms with Crippen molar-refractivity contribution in [1.82, 2.24) is 9.88 Å². The van der Waals surface area contributed by atoms with Gasteiger partial charge in [0.2, 0.25) is 0 Å². The van der Waals surface area contributed by atoms with Gasteiger partial charge >= 0.3 is 0 Å². The number of nitrogens with one attached hydrogen (secondary N) is 1. The van der Waals surface area contributed by atoms with Gasteiger partial charge in [-0.05, 0) is 69.3 Å². The monoisotopic (exact) mass is 234 g/mol. The Kier molecular flexibility index (Phi) is 3.62. The maximum atomic E-state index is 3.51. The van der Waals surface area contributed by atoms with Crippen molar-refractivity contribution in [2.75, 3.05) is 20.6 Å². The van der Waals surface area contributed by atoms with E-state index in [1.54, 1.807) is 11.1 Å². The normalized spacial score (nSPS) is 18.4. The molecule has 2 rings (SSSR count). The van der Waals surface area contributed by atoms with E-state index in [4.69, 9.17) is 0 Å². The second-order valence-corrected chi connectivity index (χ2v) is 6.52. The zero-order valence-electron chi connectivity index (χ0n) is 11.8. The third-order valence-corrected chi connectivity index (χ3v) is 3.93. The highest BCUT2D eigenvalue weighted by Gasteiger charge is 2.27. The lowest BCUT2D eigenvalue weighted by Crippen LogP contribution is -2.22. The first-order valence-corrected chi connectivity index (χ1v) is 6.81. The van der Waals surface area contributed by atoms with E-state index < -0.39 is 0 Å².